The number of hydrogen-bond acceptors (Lipinski definition) is 2. The molecule has 1 aliphatic rings. The minimum atomic E-state index is -0.148. The number of allylic oxidation sites excluding steroid dienone is 1. The van der Waals surface area contributed by atoms with E-state index in [1.807, 2.05) is 13.0 Å². The predicted molar refractivity (Wildman–Crippen MR) is 66.4 cm³/mol. The lowest BCUT2D eigenvalue weighted by molar-refractivity contribution is -0.134. The number of carbonyl (C=O) groups is 1. The first-order valence-corrected chi connectivity index (χ1v) is 6.54. The van der Waals surface area contributed by atoms with Crippen LogP contribution in [0, 0.1) is 5.92 Å². The molecule has 0 aromatic carbocycles. The van der Waals surface area contributed by atoms with Crippen LogP contribution in [-0.4, -0.2) is 18.5 Å². The van der Waals surface area contributed by atoms with E-state index < -0.39 is 0 Å². The number of carbonyl (C=O) groups excluding carboxylic acids is 1. The molecule has 1 rings (SSSR count). The summed E-state index contributed by atoms with van der Waals surface area (Å²) >= 11 is 0. The van der Waals surface area contributed by atoms with Crippen LogP contribution >= 0.6 is 0 Å². The maximum Gasteiger partial charge on any atom is 0.162 e. The summed E-state index contributed by atoms with van der Waals surface area (Å²) in [6.07, 6.45) is 9.16. The summed E-state index contributed by atoms with van der Waals surface area (Å²) < 4.78 is 5.66. The first-order chi connectivity index (χ1) is 7.79. The van der Waals surface area contributed by atoms with Crippen LogP contribution in [0.3, 0.4) is 0 Å². The zero-order valence-corrected chi connectivity index (χ0v) is 10.4. The van der Waals surface area contributed by atoms with Crippen molar-refractivity contribution in [2.24, 2.45) is 5.92 Å². The maximum atomic E-state index is 12.0. The minimum absolute atomic E-state index is 0.148. The Morgan fingerprint density at radius 1 is 1.44 bits per heavy atom. The van der Waals surface area contributed by atoms with Gasteiger partial charge in [0.1, 0.15) is 6.10 Å². The molecule has 0 N–H and O–H groups in total. The Morgan fingerprint density at radius 3 is 2.69 bits per heavy atom. The van der Waals surface area contributed by atoms with E-state index in [0.717, 1.165) is 19.3 Å². The first kappa shape index (κ1) is 13.4. The highest BCUT2D eigenvalue weighted by molar-refractivity contribution is 5.83. The van der Waals surface area contributed by atoms with E-state index in [0.29, 0.717) is 18.9 Å². The highest BCUT2D eigenvalue weighted by atomic mass is 16.5. The van der Waals surface area contributed by atoms with Crippen LogP contribution in [0.15, 0.2) is 12.7 Å². The number of Topliss-reactive ketones (excluding diaryl/α,β-unsaturated/α-hetero) is 1. The number of hydrogen-bond donors (Lipinski definition) is 0. The lowest BCUT2D eigenvalue weighted by Crippen LogP contribution is -2.33. The van der Waals surface area contributed by atoms with Gasteiger partial charge in [-0.25, -0.2) is 0 Å². The van der Waals surface area contributed by atoms with Crippen LogP contribution < -0.4 is 0 Å². The molecule has 0 bridgehead atoms. The van der Waals surface area contributed by atoms with Gasteiger partial charge in [0.05, 0.1) is 0 Å². The summed E-state index contributed by atoms with van der Waals surface area (Å²) in [7, 11) is 0. The summed E-state index contributed by atoms with van der Waals surface area (Å²) in [4.78, 5) is 12.0. The summed E-state index contributed by atoms with van der Waals surface area (Å²) in [6, 6.07) is 0. The van der Waals surface area contributed by atoms with Crippen molar-refractivity contribution in [1.82, 2.24) is 0 Å². The van der Waals surface area contributed by atoms with Crippen LogP contribution in [-0.2, 0) is 9.53 Å². The van der Waals surface area contributed by atoms with Gasteiger partial charge < -0.3 is 4.74 Å². The Hall–Kier alpha value is -0.630. The molecule has 2 heteroatoms. The fraction of sp³-hybridized carbons (Fsp3) is 0.786. The lowest BCUT2D eigenvalue weighted by Gasteiger charge is -2.29. The fourth-order valence-electron chi connectivity index (χ4n) is 2.49. The lowest BCUT2D eigenvalue weighted by atomic mass is 9.83. The number of ether oxygens (including phenoxy) is 1. The maximum absolute atomic E-state index is 12.0. The molecule has 1 unspecified atom stereocenters. The van der Waals surface area contributed by atoms with Crippen molar-refractivity contribution in [3.8, 4) is 0 Å². The molecule has 0 heterocycles. The molecule has 0 aliphatic heterocycles. The Morgan fingerprint density at radius 2 is 2.12 bits per heavy atom. The molecule has 2 nitrogen and oxygen atoms in total. The molecular formula is C14H24O2. The third-order valence-corrected chi connectivity index (χ3v) is 3.34. The van der Waals surface area contributed by atoms with Gasteiger partial charge in [-0.15, -0.1) is 6.58 Å². The average Bonchev–Trinajstić information content (AvgIpc) is 2.34. The predicted octanol–water partition coefficient (Wildman–Crippen LogP) is 3.51. The standard InChI is InChI=1S/C14H24O2/c1-3-5-11-13(15)14(16-4-2)12-9-7-6-8-10-12/h3,12,14H,1,4-11H2,2H3. The normalized spacial score (nSPS) is 19.3. The molecular weight excluding hydrogens is 200 g/mol. The van der Waals surface area contributed by atoms with E-state index in [4.69, 9.17) is 4.74 Å². The summed E-state index contributed by atoms with van der Waals surface area (Å²) in [5.41, 5.74) is 0. The van der Waals surface area contributed by atoms with Crippen LogP contribution in [0.1, 0.15) is 51.9 Å². The van der Waals surface area contributed by atoms with Gasteiger partial charge >= 0.3 is 0 Å². The van der Waals surface area contributed by atoms with E-state index in [1.54, 1.807) is 0 Å². The molecule has 1 atom stereocenters. The van der Waals surface area contributed by atoms with Crippen molar-refractivity contribution in [2.75, 3.05) is 6.61 Å². The first-order valence-electron chi connectivity index (χ1n) is 6.54. The summed E-state index contributed by atoms with van der Waals surface area (Å²) in [6.45, 7) is 6.27. The van der Waals surface area contributed by atoms with E-state index in [2.05, 4.69) is 6.58 Å². The van der Waals surface area contributed by atoms with Gasteiger partial charge in [-0.2, -0.15) is 0 Å². The highest BCUT2D eigenvalue weighted by Crippen LogP contribution is 2.29. The molecule has 0 aromatic rings. The van der Waals surface area contributed by atoms with Crippen molar-refractivity contribution in [1.29, 1.82) is 0 Å². The van der Waals surface area contributed by atoms with Gasteiger partial charge in [0, 0.05) is 13.0 Å². The fourth-order valence-corrected chi connectivity index (χ4v) is 2.49. The molecule has 0 aromatic heterocycles. The quantitative estimate of drug-likeness (QED) is 0.619. The largest absolute Gasteiger partial charge is 0.370 e. The Bertz CT molecular complexity index is 217. The Labute approximate surface area is 99.1 Å². The molecule has 1 fully saturated rings. The van der Waals surface area contributed by atoms with Gasteiger partial charge in [-0.05, 0) is 32.1 Å². The molecule has 1 aliphatic carbocycles. The van der Waals surface area contributed by atoms with Crippen molar-refractivity contribution in [3.05, 3.63) is 12.7 Å². The van der Waals surface area contributed by atoms with E-state index >= 15 is 0 Å². The Balaban J connectivity index is 2.50. The Kier molecular flexibility index (Phi) is 6.39. The molecule has 0 amide bonds. The zero-order valence-electron chi connectivity index (χ0n) is 10.4. The number of ketones is 1. The monoisotopic (exact) mass is 224 g/mol. The number of rotatable bonds is 7. The summed E-state index contributed by atoms with van der Waals surface area (Å²) in [5, 5.41) is 0. The molecule has 16 heavy (non-hydrogen) atoms. The zero-order chi connectivity index (χ0) is 11.8. The van der Waals surface area contributed by atoms with Gasteiger partial charge in [0.2, 0.25) is 0 Å². The SMILES string of the molecule is C=CCCC(=O)C(OCC)C1CCCCC1. The van der Waals surface area contributed by atoms with Gasteiger partial charge in [0.25, 0.3) is 0 Å². The highest BCUT2D eigenvalue weighted by Gasteiger charge is 2.29. The van der Waals surface area contributed by atoms with Gasteiger partial charge in [0.15, 0.2) is 5.78 Å². The molecule has 1 saturated carbocycles. The van der Waals surface area contributed by atoms with Crippen molar-refractivity contribution >= 4 is 5.78 Å². The second-order valence-electron chi connectivity index (χ2n) is 4.57. The third kappa shape index (κ3) is 4.09. The smallest absolute Gasteiger partial charge is 0.162 e. The molecule has 0 saturated heterocycles. The van der Waals surface area contributed by atoms with Crippen LogP contribution in [0.25, 0.3) is 0 Å². The van der Waals surface area contributed by atoms with E-state index in [1.165, 1.54) is 19.3 Å². The van der Waals surface area contributed by atoms with E-state index in [9.17, 15) is 4.79 Å². The average molecular weight is 224 g/mol. The van der Waals surface area contributed by atoms with Crippen LogP contribution in [0.5, 0.6) is 0 Å². The van der Waals surface area contributed by atoms with Gasteiger partial charge in [-0.1, -0.05) is 25.3 Å². The molecule has 0 radical (unpaired) electrons. The van der Waals surface area contributed by atoms with Crippen LogP contribution in [0.4, 0.5) is 0 Å². The molecule has 0 spiro atoms. The third-order valence-electron chi connectivity index (χ3n) is 3.34. The van der Waals surface area contributed by atoms with Crippen LogP contribution in [0.2, 0.25) is 0 Å². The minimum Gasteiger partial charge on any atom is -0.370 e. The summed E-state index contributed by atoms with van der Waals surface area (Å²) in [5.74, 6) is 0.736. The van der Waals surface area contributed by atoms with Gasteiger partial charge in [-0.3, -0.25) is 4.79 Å². The van der Waals surface area contributed by atoms with Crippen molar-refractivity contribution in [2.45, 2.75) is 58.0 Å². The molecule has 92 valence electrons. The topological polar surface area (TPSA) is 26.3 Å². The van der Waals surface area contributed by atoms with Crippen molar-refractivity contribution < 1.29 is 9.53 Å². The second kappa shape index (κ2) is 7.61. The van der Waals surface area contributed by atoms with Crippen molar-refractivity contribution in [3.63, 3.8) is 0 Å². The second-order valence-corrected chi connectivity index (χ2v) is 4.57. The van der Waals surface area contributed by atoms with E-state index in [-0.39, 0.29) is 11.9 Å².